The molecule has 17 heavy (non-hydrogen) atoms. The number of halogens is 1. The van der Waals surface area contributed by atoms with Crippen LogP contribution in [0.2, 0.25) is 0 Å². The van der Waals surface area contributed by atoms with E-state index in [1.165, 1.54) is 0 Å². The Labute approximate surface area is 107 Å². The van der Waals surface area contributed by atoms with Crippen LogP contribution in [-0.2, 0) is 0 Å². The van der Waals surface area contributed by atoms with Gasteiger partial charge in [-0.05, 0) is 44.2 Å². The lowest BCUT2D eigenvalue weighted by Crippen LogP contribution is -2.38. The summed E-state index contributed by atoms with van der Waals surface area (Å²) in [6.45, 7) is 1.96. The Morgan fingerprint density at radius 2 is 1.88 bits per heavy atom. The molecule has 0 saturated heterocycles. The Hall–Kier alpha value is -1.02. The molecule has 0 aromatic heterocycles. The summed E-state index contributed by atoms with van der Waals surface area (Å²) >= 11 is 6.05. The largest absolute Gasteiger partial charge is 0.349 e. The van der Waals surface area contributed by atoms with E-state index in [-0.39, 0.29) is 11.9 Å². The summed E-state index contributed by atoms with van der Waals surface area (Å²) in [7, 11) is 0. The van der Waals surface area contributed by atoms with Gasteiger partial charge in [0.15, 0.2) is 0 Å². The number of carbonyl (C=O) groups is 1. The molecular formula is C14H18ClNO. The fourth-order valence-electron chi connectivity index (χ4n) is 2.29. The number of amides is 1. The molecule has 1 N–H and O–H groups in total. The van der Waals surface area contributed by atoms with Gasteiger partial charge in [0.1, 0.15) is 0 Å². The Morgan fingerprint density at radius 1 is 1.24 bits per heavy atom. The molecule has 1 aliphatic rings. The minimum atomic E-state index is 0.0427. The zero-order valence-corrected chi connectivity index (χ0v) is 10.8. The van der Waals surface area contributed by atoms with Crippen molar-refractivity contribution in [1.82, 2.24) is 5.32 Å². The highest BCUT2D eigenvalue weighted by molar-refractivity contribution is 6.20. The van der Waals surface area contributed by atoms with Gasteiger partial charge in [0.25, 0.3) is 5.91 Å². The van der Waals surface area contributed by atoms with E-state index in [0.29, 0.717) is 5.38 Å². The zero-order valence-electron chi connectivity index (χ0n) is 10.1. The van der Waals surface area contributed by atoms with Gasteiger partial charge in [-0.2, -0.15) is 0 Å². The summed E-state index contributed by atoms with van der Waals surface area (Å²) in [5.41, 5.74) is 1.80. The average Bonchev–Trinajstić information content (AvgIpc) is 2.32. The third-order valence-electron chi connectivity index (χ3n) is 3.38. The highest BCUT2D eigenvalue weighted by atomic mass is 35.5. The van der Waals surface area contributed by atoms with Crippen LogP contribution in [0.1, 0.15) is 41.6 Å². The number of benzene rings is 1. The summed E-state index contributed by atoms with van der Waals surface area (Å²) in [6.07, 6.45) is 3.98. The molecule has 1 fully saturated rings. The fraction of sp³-hybridized carbons (Fsp3) is 0.500. The molecule has 1 amide bonds. The van der Waals surface area contributed by atoms with Gasteiger partial charge in [0.2, 0.25) is 0 Å². The molecule has 0 atom stereocenters. The molecule has 0 radical (unpaired) electrons. The van der Waals surface area contributed by atoms with Crippen LogP contribution >= 0.6 is 11.6 Å². The van der Waals surface area contributed by atoms with Crippen LogP contribution in [0.3, 0.4) is 0 Å². The van der Waals surface area contributed by atoms with E-state index in [0.717, 1.165) is 36.8 Å². The van der Waals surface area contributed by atoms with Crippen molar-refractivity contribution in [1.29, 1.82) is 0 Å². The van der Waals surface area contributed by atoms with Crippen molar-refractivity contribution in [3.63, 3.8) is 0 Å². The van der Waals surface area contributed by atoms with Gasteiger partial charge >= 0.3 is 0 Å². The topological polar surface area (TPSA) is 29.1 Å². The quantitative estimate of drug-likeness (QED) is 0.803. The van der Waals surface area contributed by atoms with Gasteiger partial charge in [0.05, 0.1) is 0 Å². The van der Waals surface area contributed by atoms with Crippen molar-refractivity contribution in [2.24, 2.45) is 0 Å². The molecule has 92 valence electrons. The monoisotopic (exact) mass is 251 g/mol. The van der Waals surface area contributed by atoms with Crippen molar-refractivity contribution < 1.29 is 4.79 Å². The van der Waals surface area contributed by atoms with E-state index in [4.69, 9.17) is 11.6 Å². The van der Waals surface area contributed by atoms with Crippen LogP contribution in [-0.4, -0.2) is 17.3 Å². The Kier molecular flexibility index (Phi) is 4.06. The second kappa shape index (κ2) is 5.54. The van der Waals surface area contributed by atoms with E-state index in [1.54, 1.807) is 0 Å². The Morgan fingerprint density at radius 3 is 2.53 bits per heavy atom. The predicted octanol–water partition coefficient (Wildman–Crippen LogP) is 3.27. The number of carbonyl (C=O) groups excluding carboxylic acids is 1. The third kappa shape index (κ3) is 3.22. The van der Waals surface area contributed by atoms with Crippen molar-refractivity contribution in [3.8, 4) is 0 Å². The predicted molar refractivity (Wildman–Crippen MR) is 70.5 cm³/mol. The van der Waals surface area contributed by atoms with Gasteiger partial charge in [-0.1, -0.05) is 18.2 Å². The molecule has 2 rings (SSSR count). The first-order chi connectivity index (χ1) is 8.16. The minimum Gasteiger partial charge on any atom is -0.349 e. The Balaban J connectivity index is 1.96. The Bertz CT molecular complexity index is 397. The molecule has 1 aliphatic carbocycles. The van der Waals surface area contributed by atoms with E-state index < -0.39 is 0 Å². The highest BCUT2D eigenvalue weighted by Gasteiger charge is 2.21. The molecule has 0 heterocycles. The zero-order chi connectivity index (χ0) is 12.3. The second-order valence-corrected chi connectivity index (χ2v) is 5.35. The van der Waals surface area contributed by atoms with E-state index in [9.17, 15) is 4.79 Å². The summed E-state index contributed by atoms with van der Waals surface area (Å²) < 4.78 is 0. The van der Waals surface area contributed by atoms with Gasteiger partial charge in [-0.3, -0.25) is 4.79 Å². The SMILES string of the molecule is Cc1ccccc1C(=O)NC1CCC(Cl)CC1. The molecule has 0 bridgehead atoms. The number of rotatable bonds is 2. The minimum absolute atomic E-state index is 0.0427. The molecular weight excluding hydrogens is 234 g/mol. The van der Waals surface area contributed by atoms with E-state index in [2.05, 4.69) is 5.32 Å². The van der Waals surface area contributed by atoms with E-state index in [1.807, 2.05) is 31.2 Å². The number of hydrogen-bond acceptors (Lipinski definition) is 1. The van der Waals surface area contributed by atoms with Crippen LogP contribution in [0.15, 0.2) is 24.3 Å². The molecule has 0 spiro atoms. The molecule has 0 unspecified atom stereocenters. The first-order valence-corrected chi connectivity index (χ1v) is 6.61. The lowest BCUT2D eigenvalue weighted by atomic mass is 9.94. The number of aryl methyl sites for hydroxylation is 1. The smallest absolute Gasteiger partial charge is 0.251 e. The molecule has 1 saturated carbocycles. The van der Waals surface area contributed by atoms with Gasteiger partial charge < -0.3 is 5.32 Å². The summed E-state index contributed by atoms with van der Waals surface area (Å²) in [5.74, 6) is 0.0427. The first kappa shape index (κ1) is 12.4. The summed E-state index contributed by atoms with van der Waals surface area (Å²) in [6, 6.07) is 7.97. The average molecular weight is 252 g/mol. The number of alkyl halides is 1. The van der Waals surface area contributed by atoms with Gasteiger partial charge in [0, 0.05) is 17.0 Å². The number of nitrogens with one attached hydrogen (secondary N) is 1. The highest BCUT2D eigenvalue weighted by Crippen LogP contribution is 2.23. The van der Waals surface area contributed by atoms with Crippen molar-refractivity contribution in [2.75, 3.05) is 0 Å². The maximum atomic E-state index is 12.1. The summed E-state index contributed by atoms with van der Waals surface area (Å²) in [5, 5.41) is 3.39. The molecule has 1 aromatic carbocycles. The van der Waals surface area contributed by atoms with Crippen LogP contribution in [0.5, 0.6) is 0 Å². The molecule has 2 nitrogen and oxygen atoms in total. The standard InChI is InChI=1S/C14H18ClNO/c1-10-4-2-3-5-13(10)14(17)16-12-8-6-11(15)7-9-12/h2-5,11-12H,6-9H2,1H3,(H,16,17). The molecule has 1 aromatic rings. The van der Waals surface area contributed by atoms with Gasteiger partial charge in [-0.25, -0.2) is 0 Å². The maximum absolute atomic E-state index is 12.1. The van der Waals surface area contributed by atoms with Crippen LogP contribution in [0.4, 0.5) is 0 Å². The maximum Gasteiger partial charge on any atom is 0.251 e. The van der Waals surface area contributed by atoms with Crippen LogP contribution in [0.25, 0.3) is 0 Å². The second-order valence-electron chi connectivity index (χ2n) is 4.74. The molecule has 3 heteroatoms. The molecule has 0 aliphatic heterocycles. The van der Waals surface area contributed by atoms with E-state index >= 15 is 0 Å². The van der Waals surface area contributed by atoms with Crippen LogP contribution < -0.4 is 5.32 Å². The fourth-order valence-corrected chi connectivity index (χ4v) is 2.54. The lowest BCUT2D eigenvalue weighted by Gasteiger charge is -2.26. The van der Waals surface area contributed by atoms with Crippen molar-refractivity contribution in [2.45, 2.75) is 44.0 Å². The normalized spacial score (nSPS) is 24.4. The van der Waals surface area contributed by atoms with Crippen molar-refractivity contribution >= 4 is 17.5 Å². The lowest BCUT2D eigenvalue weighted by molar-refractivity contribution is 0.0927. The number of hydrogen-bond donors (Lipinski definition) is 1. The third-order valence-corrected chi connectivity index (χ3v) is 3.82. The summed E-state index contributed by atoms with van der Waals surface area (Å²) in [4.78, 5) is 12.1. The van der Waals surface area contributed by atoms with Crippen molar-refractivity contribution in [3.05, 3.63) is 35.4 Å². The van der Waals surface area contributed by atoms with Gasteiger partial charge in [-0.15, -0.1) is 11.6 Å². The van der Waals surface area contributed by atoms with Crippen LogP contribution in [0, 0.1) is 6.92 Å². The first-order valence-electron chi connectivity index (χ1n) is 6.17.